The first-order chi connectivity index (χ1) is 11.9. The second kappa shape index (κ2) is 7.70. The van der Waals surface area contributed by atoms with Crippen molar-refractivity contribution in [2.75, 3.05) is 56.4 Å². The Bertz CT molecular complexity index is 611. The monoisotopic (exact) mass is 367 g/mol. The van der Waals surface area contributed by atoms with E-state index in [0.717, 1.165) is 39.3 Å². The third-order valence-corrected chi connectivity index (χ3v) is 5.16. The van der Waals surface area contributed by atoms with Crippen LogP contribution in [0.2, 0.25) is 5.15 Å². The Kier molecular flexibility index (Phi) is 5.58. The van der Waals surface area contributed by atoms with Gasteiger partial charge in [-0.15, -0.1) is 10.2 Å². The molecule has 1 aromatic rings. The Balaban J connectivity index is 1.50. The Morgan fingerprint density at radius 2 is 1.80 bits per heavy atom. The molecule has 0 radical (unpaired) electrons. The molecule has 2 atom stereocenters. The second-order valence-corrected chi connectivity index (χ2v) is 7.65. The van der Waals surface area contributed by atoms with Crippen molar-refractivity contribution in [1.29, 1.82) is 0 Å². The zero-order valence-electron chi connectivity index (χ0n) is 14.9. The molecule has 0 spiro atoms. The maximum absolute atomic E-state index is 12.6. The lowest BCUT2D eigenvalue weighted by molar-refractivity contribution is -0.135. The number of halogens is 1. The normalized spacial score (nSPS) is 25.2. The summed E-state index contributed by atoms with van der Waals surface area (Å²) in [5.41, 5.74) is 5.69. The van der Waals surface area contributed by atoms with Gasteiger partial charge in [0.05, 0.1) is 6.54 Å². The summed E-state index contributed by atoms with van der Waals surface area (Å²) < 4.78 is 0. The van der Waals surface area contributed by atoms with E-state index in [9.17, 15) is 4.79 Å². The van der Waals surface area contributed by atoms with Crippen molar-refractivity contribution < 1.29 is 4.79 Å². The van der Waals surface area contributed by atoms with Gasteiger partial charge in [-0.25, -0.2) is 0 Å². The van der Waals surface area contributed by atoms with Crippen molar-refractivity contribution in [3.63, 3.8) is 0 Å². The molecule has 1 amide bonds. The van der Waals surface area contributed by atoms with E-state index in [1.54, 1.807) is 0 Å². The quantitative estimate of drug-likeness (QED) is 0.842. The Morgan fingerprint density at radius 1 is 1.16 bits per heavy atom. The van der Waals surface area contributed by atoms with E-state index in [2.05, 4.69) is 33.9 Å². The van der Waals surface area contributed by atoms with Gasteiger partial charge in [-0.05, 0) is 18.3 Å². The third kappa shape index (κ3) is 4.49. The Hall–Kier alpha value is -1.67. The summed E-state index contributed by atoms with van der Waals surface area (Å²) in [6.45, 7) is 9.74. The van der Waals surface area contributed by atoms with E-state index in [0.29, 0.717) is 24.3 Å². The number of piperidine rings is 1. The fourth-order valence-corrected chi connectivity index (χ4v) is 3.79. The highest BCUT2D eigenvalue weighted by atomic mass is 35.5. The number of likely N-dealkylation sites (tertiary alicyclic amines) is 1. The number of carbonyl (C=O) groups excluding carboxylic acids is 1. The average Bonchev–Trinajstić information content (AvgIpc) is 2.57. The number of hydrogen-bond donors (Lipinski definition) is 1. The van der Waals surface area contributed by atoms with E-state index >= 15 is 0 Å². The van der Waals surface area contributed by atoms with Crippen LogP contribution in [0.5, 0.6) is 0 Å². The molecule has 3 rings (SSSR count). The lowest BCUT2D eigenvalue weighted by Crippen LogP contribution is -2.52. The number of piperazine rings is 1. The summed E-state index contributed by atoms with van der Waals surface area (Å²) in [5.74, 6) is 2.10. The molecule has 8 nitrogen and oxygen atoms in total. The highest BCUT2D eigenvalue weighted by Crippen LogP contribution is 2.21. The predicted octanol–water partition coefficient (Wildman–Crippen LogP) is 0.734. The SMILES string of the molecule is C[C@@H]1C[C@H](C)CN(C(=O)CN2CCN(c3nnc(Cl)c(N)n3)CC2)C1. The van der Waals surface area contributed by atoms with Crippen molar-refractivity contribution in [1.82, 2.24) is 25.0 Å². The summed E-state index contributed by atoms with van der Waals surface area (Å²) in [6, 6.07) is 0. The number of nitrogen functional groups attached to an aromatic ring is 1. The van der Waals surface area contributed by atoms with E-state index < -0.39 is 0 Å². The molecular weight excluding hydrogens is 342 g/mol. The number of nitrogens with zero attached hydrogens (tertiary/aromatic N) is 6. The molecule has 25 heavy (non-hydrogen) atoms. The lowest BCUT2D eigenvalue weighted by atomic mass is 9.92. The van der Waals surface area contributed by atoms with Crippen LogP contribution in [0.4, 0.5) is 11.8 Å². The van der Waals surface area contributed by atoms with Crippen LogP contribution in [0.15, 0.2) is 0 Å². The van der Waals surface area contributed by atoms with Gasteiger partial charge < -0.3 is 15.5 Å². The van der Waals surface area contributed by atoms with Crippen molar-refractivity contribution in [3.8, 4) is 0 Å². The van der Waals surface area contributed by atoms with Crippen LogP contribution >= 0.6 is 11.6 Å². The minimum absolute atomic E-state index is 0.123. The van der Waals surface area contributed by atoms with E-state index in [4.69, 9.17) is 17.3 Å². The van der Waals surface area contributed by atoms with Crippen LogP contribution in [-0.2, 0) is 4.79 Å². The van der Waals surface area contributed by atoms with Crippen molar-refractivity contribution in [3.05, 3.63) is 5.15 Å². The molecule has 0 aliphatic carbocycles. The fraction of sp³-hybridized carbons (Fsp3) is 0.750. The number of anilines is 2. The lowest BCUT2D eigenvalue weighted by Gasteiger charge is -2.38. The molecule has 2 N–H and O–H groups in total. The number of carbonyl (C=O) groups is 1. The maximum atomic E-state index is 12.6. The Morgan fingerprint density at radius 3 is 2.40 bits per heavy atom. The van der Waals surface area contributed by atoms with Crippen LogP contribution in [0.3, 0.4) is 0 Å². The summed E-state index contributed by atoms with van der Waals surface area (Å²) in [5, 5.41) is 7.93. The van der Waals surface area contributed by atoms with Gasteiger partial charge in [0.2, 0.25) is 11.9 Å². The first-order valence-corrected chi connectivity index (χ1v) is 9.21. The van der Waals surface area contributed by atoms with E-state index in [-0.39, 0.29) is 16.9 Å². The highest BCUT2D eigenvalue weighted by molar-refractivity contribution is 6.31. The summed E-state index contributed by atoms with van der Waals surface area (Å²) in [4.78, 5) is 23.0. The topological polar surface area (TPSA) is 91.5 Å². The van der Waals surface area contributed by atoms with Gasteiger partial charge in [-0.3, -0.25) is 9.69 Å². The number of amides is 1. The number of rotatable bonds is 3. The minimum atomic E-state index is 0.123. The van der Waals surface area contributed by atoms with E-state index in [1.165, 1.54) is 6.42 Å². The summed E-state index contributed by atoms with van der Waals surface area (Å²) >= 11 is 5.76. The van der Waals surface area contributed by atoms with Crippen LogP contribution in [-0.4, -0.2) is 76.7 Å². The number of hydrogen-bond acceptors (Lipinski definition) is 7. The summed E-state index contributed by atoms with van der Waals surface area (Å²) in [7, 11) is 0. The number of aromatic nitrogens is 3. The molecule has 3 heterocycles. The highest BCUT2D eigenvalue weighted by Gasteiger charge is 2.28. The third-order valence-electron chi connectivity index (χ3n) is 4.89. The second-order valence-electron chi connectivity index (χ2n) is 7.30. The summed E-state index contributed by atoms with van der Waals surface area (Å²) in [6.07, 6.45) is 1.21. The molecule has 138 valence electrons. The molecule has 0 unspecified atom stereocenters. The van der Waals surface area contributed by atoms with Gasteiger partial charge >= 0.3 is 0 Å². The fourth-order valence-electron chi connectivity index (χ4n) is 3.71. The molecule has 9 heteroatoms. The van der Waals surface area contributed by atoms with Gasteiger partial charge in [0.1, 0.15) is 0 Å². The van der Waals surface area contributed by atoms with Gasteiger partial charge in [0, 0.05) is 39.3 Å². The molecular formula is C16H26ClN7O. The molecule has 2 fully saturated rings. The molecule has 2 saturated heterocycles. The average molecular weight is 368 g/mol. The van der Waals surface area contributed by atoms with Crippen LogP contribution in [0, 0.1) is 11.8 Å². The zero-order chi connectivity index (χ0) is 18.0. The first-order valence-electron chi connectivity index (χ1n) is 8.83. The van der Waals surface area contributed by atoms with Gasteiger partial charge in [-0.1, -0.05) is 25.4 Å². The number of nitrogens with two attached hydrogens (primary N) is 1. The molecule has 2 aliphatic heterocycles. The zero-order valence-corrected chi connectivity index (χ0v) is 15.6. The van der Waals surface area contributed by atoms with Gasteiger partial charge in [0.25, 0.3) is 0 Å². The smallest absolute Gasteiger partial charge is 0.247 e. The molecule has 1 aromatic heterocycles. The van der Waals surface area contributed by atoms with Crippen molar-refractivity contribution in [2.45, 2.75) is 20.3 Å². The maximum Gasteiger partial charge on any atom is 0.247 e. The largest absolute Gasteiger partial charge is 0.381 e. The van der Waals surface area contributed by atoms with Crippen molar-refractivity contribution >= 4 is 29.3 Å². The van der Waals surface area contributed by atoms with Crippen LogP contribution in [0.25, 0.3) is 0 Å². The predicted molar refractivity (Wildman–Crippen MR) is 97.4 cm³/mol. The molecule has 0 saturated carbocycles. The first kappa shape index (κ1) is 18.1. The minimum Gasteiger partial charge on any atom is -0.381 e. The molecule has 0 aromatic carbocycles. The Labute approximate surface area is 153 Å². The van der Waals surface area contributed by atoms with Crippen LogP contribution in [0.1, 0.15) is 20.3 Å². The standard InChI is InChI=1S/C16H26ClN7O/c1-11-7-12(2)9-24(8-11)13(25)10-22-3-5-23(6-4-22)16-19-15(18)14(17)20-21-16/h11-12H,3-10H2,1-2H3,(H2,18,19,21)/t11-,12+. The van der Waals surface area contributed by atoms with Crippen LogP contribution < -0.4 is 10.6 Å². The molecule has 2 aliphatic rings. The van der Waals surface area contributed by atoms with Crippen molar-refractivity contribution in [2.24, 2.45) is 11.8 Å². The van der Waals surface area contributed by atoms with Gasteiger partial charge in [0.15, 0.2) is 11.0 Å². The van der Waals surface area contributed by atoms with Gasteiger partial charge in [-0.2, -0.15) is 4.98 Å². The van der Waals surface area contributed by atoms with E-state index in [1.807, 2.05) is 9.80 Å². The molecule has 0 bridgehead atoms.